The standard InChI is InChI=1S/C20H32N6O2/c1-15-14-18(21-26(15)16(2)17-4-5-17)19(27)23-10-12-25(13-11-23)20(28)24-8-6-22(3)7-9-24/h14,16-17H,4-13H2,1-3H3. The van der Waals surface area contributed by atoms with Gasteiger partial charge in [-0.1, -0.05) is 0 Å². The van der Waals surface area contributed by atoms with Crippen molar-refractivity contribution in [2.24, 2.45) is 5.92 Å². The molecule has 8 nitrogen and oxygen atoms in total. The molecular formula is C20H32N6O2. The average Bonchev–Trinajstić information content (AvgIpc) is 3.49. The van der Waals surface area contributed by atoms with Crippen molar-refractivity contribution in [3.05, 3.63) is 17.5 Å². The van der Waals surface area contributed by atoms with Crippen LogP contribution in [-0.2, 0) is 0 Å². The number of amides is 3. The maximum absolute atomic E-state index is 12.9. The summed E-state index contributed by atoms with van der Waals surface area (Å²) in [5.74, 6) is 0.683. The molecule has 0 spiro atoms. The van der Waals surface area contributed by atoms with Gasteiger partial charge in [-0.2, -0.15) is 5.10 Å². The van der Waals surface area contributed by atoms with Gasteiger partial charge in [0.15, 0.2) is 5.69 Å². The van der Waals surface area contributed by atoms with E-state index in [9.17, 15) is 9.59 Å². The molecule has 1 aliphatic carbocycles. The van der Waals surface area contributed by atoms with Gasteiger partial charge in [0, 0.05) is 58.1 Å². The van der Waals surface area contributed by atoms with Crippen LogP contribution in [0.5, 0.6) is 0 Å². The van der Waals surface area contributed by atoms with Crippen LogP contribution in [0.25, 0.3) is 0 Å². The number of likely N-dealkylation sites (N-methyl/N-ethyl adjacent to an activating group) is 1. The first kappa shape index (κ1) is 19.2. The summed E-state index contributed by atoms with van der Waals surface area (Å²) in [5.41, 5.74) is 1.58. The summed E-state index contributed by atoms with van der Waals surface area (Å²) in [5, 5.41) is 4.61. The van der Waals surface area contributed by atoms with E-state index in [2.05, 4.69) is 24.0 Å². The number of nitrogens with zero attached hydrogens (tertiary/aromatic N) is 6. The first-order valence-corrected chi connectivity index (χ1v) is 10.5. The molecule has 1 saturated carbocycles. The lowest BCUT2D eigenvalue weighted by atomic mass is 10.2. The maximum atomic E-state index is 12.9. The molecule has 1 aromatic rings. The summed E-state index contributed by atoms with van der Waals surface area (Å²) in [6, 6.07) is 2.38. The van der Waals surface area contributed by atoms with Crippen LogP contribution >= 0.6 is 0 Å². The summed E-state index contributed by atoms with van der Waals surface area (Å²) >= 11 is 0. The van der Waals surface area contributed by atoms with Crippen LogP contribution in [-0.4, -0.2) is 101 Å². The van der Waals surface area contributed by atoms with Gasteiger partial charge < -0.3 is 19.6 Å². The van der Waals surface area contributed by atoms with Crippen molar-refractivity contribution in [2.45, 2.75) is 32.7 Å². The quantitative estimate of drug-likeness (QED) is 0.783. The van der Waals surface area contributed by atoms with Gasteiger partial charge in [-0.3, -0.25) is 9.48 Å². The van der Waals surface area contributed by atoms with Crippen molar-refractivity contribution in [3.63, 3.8) is 0 Å². The summed E-state index contributed by atoms with van der Waals surface area (Å²) in [6.07, 6.45) is 2.51. The number of piperazine rings is 2. The van der Waals surface area contributed by atoms with Crippen molar-refractivity contribution >= 4 is 11.9 Å². The number of carbonyl (C=O) groups excluding carboxylic acids is 2. The third-order valence-electron chi connectivity index (χ3n) is 6.44. The van der Waals surface area contributed by atoms with E-state index in [0.717, 1.165) is 31.9 Å². The van der Waals surface area contributed by atoms with E-state index >= 15 is 0 Å². The van der Waals surface area contributed by atoms with Crippen LogP contribution in [0.3, 0.4) is 0 Å². The Morgan fingerprint density at radius 3 is 2.07 bits per heavy atom. The first-order valence-electron chi connectivity index (χ1n) is 10.5. The molecule has 154 valence electrons. The molecule has 1 unspecified atom stereocenters. The van der Waals surface area contributed by atoms with E-state index in [1.165, 1.54) is 12.8 Å². The van der Waals surface area contributed by atoms with Crippen molar-refractivity contribution in [3.8, 4) is 0 Å². The Labute approximate surface area is 167 Å². The lowest BCUT2D eigenvalue weighted by Gasteiger charge is -2.39. The zero-order valence-corrected chi connectivity index (χ0v) is 17.3. The minimum absolute atomic E-state index is 0.0171. The van der Waals surface area contributed by atoms with Crippen LogP contribution < -0.4 is 0 Å². The minimum Gasteiger partial charge on any atom is -0.334 e. The highest BCUT2D eigenvalue weighted by atomic mass is 16.2. The molecule has 0 bridgehead atoms. The summed E-state index contributed by atoms with van der Waals surface area (Å²) in [4.78, 5) is 33.5. The van der Waals surface area contributed by atoms with Crippen molar-refractivity contribution < 1.29 is 9.59 Å². The maximum Gasteiger partial charge on any atom is 0.320 e. The number of hydrogen-bond acceptors (Lipinski definition) is 4. The predicted molar refractivity (Wildman–Crippen MR) is 106 cm³/mol. The van der Waals surface area contributed by atoms with Gasteiger partial charge in [-0.15, -0.1) is 0 Å². The second-order valence-corrected chi connectivity index (χ2v) is 8.55. The van der Waals surface area contributed by atoms with Gasteiger partial charge >= 0.3 is 6.03 Å². The summed E-state index contributed by atoms with van der Waals surface area (Å²) in [6.45, 7) is 9.95. The largest absolute Gasteiger partial charge is 0.334 e. The van der Waals surface area contributed by atoms with Gasteiger partial charge in [0.1, 0.15) is 0 Å². The van der Waals surface area contributed by atoms with Gasteiger partial charge in [0.2, 0.25) is 0 Å². The van der Waals surface area contributed by atoms with E-state index in [-0.39, 0.29) is 11.9 Å². The monoisotopic (exact) mass is 388 g/mol. The van der Waals surface area contributed by atoms with Gasteiger partial charge in [0.05, 0.1) is 6.04 Å². The predicted octanol–water partition coefficient (Wildman–Crippen LogP) is 1.29. The molecule has 3 amide bonds. The first-order chi connectivity index (χ1) is 13.4. The highest BCUT2D eigenvalue weighted by Crippen LogP contribution is 2.39. The number of urea groups is 1. The lowest BCUT2D eigenvalue weighted by molar-refractivity contribution is 0.0613. The van der Waals surface area contributed by atoms with Crippen molar-refractivity contribution in [1.29, 1.82) is 0 Å². The Hall–Kier alpha value is -2.09. The van der Waals surface area contributed by atoms with Crippen molar-refractivity contribution in [1.82, 2.24) is 29.4 Å². The molecule has 8 heteroatoms. The third kappa shape index (κ3) is 3.87. The summed E-state index contributed by atoms with van der Waals surface area (Å²) < 4.78 is 2.01. The second kappa shape index (κ2) is 7.73. The Balaban J connectivity index is 1.33. The molecule has 3 heterocycles. The molecule has 3 aliphatic rings. The van der Waals surface area contributed by atoms with E-state index in [1.807, 2.05) is 32.4 Å². The zero-order chi connectivity index (χ0) is 19.8. The Bertz CT molecular complexity index is 727. The number of carbonyl (C=O) groups is 2. The van der Waals surface area contributed by atoms with Crippen LogP contribution in [0.4, 0.5) is 4.79 Å². The molecular weight excluding hydrogens is 356 g/mol. The zero-order valence-electron chi connectivity index (χ0n) is 17.3. The van der Waals surface area contributed by atoms with E-state index in [1.54, 1.807) is 0 Å². The van der Waals surface area contributed by atoms with Gasteiger partial charge in [0.25, 0.3) is 5.91 Å². The normalized spacial score (nSPS) is 22.5. The highest BCUT2D eigenvalue weighted by molar-refractivity contribution is 5.92. The highest BCUT2D eigenvalue weighted by Gasteiger charge is 2.33. The fraction of sp³-hybridized carbons (Fsp3) is 0.750. The second-order valence-electron chi connectivity index (χ2n) is 8.55. The van der Waals surface area contributed by atoms with E-state index in [4.69, 9.17) is 0 Å². The number of hydrogen-bond donors (Lipinski definition) is 0. The van der Waals surface area contributed by atoms with Gasteiger partial charge in [-0.05, 0) is 45.7 Å². The molecule has 1 aromatic heterocycles. The number of rotatable bonds is 3. The van der Waals surface area contributed by atoms with E-state index in [0.29, 0.717) is 43.8 Å². The molecule has 2 aliphatic heterocycles. The van der Waals surface area contributed by atoms with Crippen molar-refractivity contribution in [2.75, 3.05) is 59.4 Å². The molecule has 0 aromatic carbocycles. The minimum atomic E-state index is -0.0171. The SMILES string of the molecule is Cc1cc(C(=O)N2CCN(C(=O)N3CCN(C)CC3)CC2)nn1C(C)C1CC1. The Morgan fingerprint density at radius 1 is 0.964 bits per heavy atom. The Kier molecular flexibility index (Phi) is 5.31. The molecule has 3 fully saturated rings. The average molecular weight is 389 g/mol. The molecule has 4 rings (SSSR count). The number of aryl methyl sites for hydroxylation is 1. The third-order valence-corrected chi connectivity index (χ3v) is 6.44. The molecule has 2 saturated heterocycles. The molecule has 28 heavy (non-hydrogen) atoms. The molecule has 1 atom stereocenters. The molecule has 0 N–H and O–H groups in total. The van der Waals surface area contributed by atoms with Gasteiger partial charge in [-0.25, -0.2) is 4.79 Å². The summed E-state index contributed by atoms with van der Waals surface area (Å²) in [7, 11) is 2.08. The van der Waals surface area contributed by atoms with Crippen LogP contribution in [0.2, 0.25) is 0 Å². The van der Waals surface area contributed by atoms with E-state index < -0.39 is 0 Å². The fourth-order valence-electron chi connectivity index (χ4n) is 4.24. The Morgan fingerprint density at radius 2 is 1.50 bits per heavy atom. The van der Waals surface area contributed by atoms with Crippen LogP contribution in [0.15, 0.2) is 6.07 Å². The fourth-order valence-corrected chi connectivity index (χ4v) is 4.24. The lowest BCUT2D eigenvalue weighted by Crippen LogP contribution is -2.57. The smallest absolute Gasteiger partial charge is 0.320 e. The molecule has 0 radical (unpaired) electrons. The van der Waals surface area contributed by atoms with Crippen LogP contribution in [0, 0.1) is 12.8 Å². The van der Waals surface area contributed by atoms with Crippen LogP contribution in [0.1, 0.15) is 42.0 Å². The number of aromatic nitrogens is 2. The topological polar surface area (TPSA) is 64.9 Å².